The second-order valence-electron chi connectivity index (χ2n) is 6.65. The molecule has 1 aromatic rings. The van der Waals surface area contributed by atoms with Crippen molar-refractivity contribution in [1.82, 2.24) is 14.8 Å². The normalized spacial score (nSPS) is 21.8. The van der Waals surface area contributed by atoms with Crippen LogP contribution in [0.2, 0.25) is 0 Å². The van der Waals surface area contributed by atoms with E-state index in [4.69, 9.17) is 0 Å². The van der Waals surface area contributed by atoms with Gasteiger partial charge in [-0.05, 0) is 26.2 Å². The Labute approximate surface area is 137 Å². The van der Waals surface area contributed by atoms with E-state index in [1.807, 2.05) is 0 Å². The maximum absolute atomic E-state index is 12.7. The summed E-state index contributed by atoms with van der Waals surface area (Å²) in [6.07, 6.45) is 7.08. The summed E-state index contributed by atoms with van der Waals surface area (Å²) in [7, 11) is 0. The van der Waals surface area contributed by atoms with Gasteiger partial charge in [-0.2, -0.15) is 0 Å². The van der Waals surface area contributed by atoms with Crippen LogP contribution >= 0.6 is 11.3 Å². The Hall–Kier alpha value is -0.940. The number of aromatic nitrogens is 1. The summed E-state index contributed by atoms with van der Waals surface area (Å²) in [4.78, 5) is 21.8. The molecule has 0 spiro atoms. The largest absolute Gasteiger partial charge is 0.341 e. The van der Waals surface area contributed by atoms with Crippen molar-refractivity contribution >= 4 is 17.2 Å². The van der Waals surface area contributed by atoms with E-state index in [2.05, 4.69) is 27.1 Å². The van der Waals surface area contributed by atoms with Gasteiger partial charge >= 0.3 is 0 Å². The van der Waals surface area contributed by atoms with Crippen LogP contribution in [0.15, 0.2) is 5.38 Å². The quantitative estimate of drug-likeness (QED) is 0.858. The third-order valence-corrected chi connectivity index (χ3v) is 5.73. The predicted molar refractivity (Wildman–Crippen MR) is 89.9 cm³/mol. The number of hydrogen-bond donors (Lipinski definition) is 0. The van der Waals surface area contributed by atoms with E-state index >= 15 is 0 Å². The summed E-state index contributed by atoms with van der Waals surface area (Å²) in [5.74, 6) is 0.729. The van der Waals surface area contributed by atoms with Crippen molar-refractivity contribution in [1.29, 1.82) is 0 Å². The molecule has 0 N–H and O–H groups in total. The summed E-state index contributed by atoms with van der Waals surface area (Å²) in [5, 5.41) is 3.30. The highest BCUT2D eigenvalue weighted by atomic mass is 32.1. The Kier molecular flexibility index (Phi) is 5.47. The third kappa shape index (κ3) is 4.07. The van der Waals surface area contributed by atoms with Gasteiger partial charge in [0.15, 0.2) is 0 Å². The smallest absolute Gasteiger partial charge is 0.225 e. The number of rotatable bonds is 3. The van der Waals surface area contributed by atoms with Crippen molar-refractivity contribution in [2.75, 3.05) is 26.2 Å². The van der Waals surface area contributed by atoms with Crippen molar-refractivity contribution in [3.63, 3.8) is 0 Å². The Morgan fingerprint density at radius 1 is 1.18 bits per heavy atom. The Bertz CT molecular complexity index is 496. The first kappa shape index (κ1) is 15.9. The molecule has 1 amide bonds. The average molecular weight is 321 g/mol. The molecule has 2 heterocycles. The second kappa shape index (κ2) is 7.55. The maximum Gasteiger partial charge on any atom is 0.225 e. The molecule has 1 saturated heterocycles. The SMILES string of the molecule is Cc1nc(CN2CCCN(C(=O)C3CCCCC3)CC2)cs1. The maximum atomic E-state index is 12.7. The molecule has 22 heavy (non-hydrogen) atoms. The molecular formula is C17H27N3OS. The molecule has 1 aromatic heterocycles. The van der Waals surface area contributed by atoms with Crippen molar-refractivity contribution in [3.05, 3.63) is 16.1 Å². The van der Waals surface area contributed by atoms with Gasteiger partial charge in [0.1, 0.15) is 0 Å². The van der Waals surface area contributed by atoms with Gasteiger partial charge in [0.2, 0.25) is 5.91 Å². The van der Waals surface area contributed by atoms with Crippen LogP contribution in [0.25, 0.3) is 0 Å². The molecule has 0 atom stereocenters. The Morgan fingerprint density at radius 3 is 2.73 bits per heavy atom. The zero-order valence-corrected chi connectivity index (χ0v) is 14.4. The number of nitrogens with zero attached hydrogens (tertiary/aromatic N) is 3. The van der Waals surface area contributed by atoms with Crippen LogP contribution in [0.5, 0.6) is 0 Å². The van der Waals surface area contributed by atoms with Gasteiger partial charge < -0.3 is 4.90 Å². The van der Waals surface area contributed by atoms with Crippen LogP contribution in [0.4, 0.5) is 0 Å². The van der Waals surface area contributed by atoms with Crippen molar-refractivity contribution < 1.29 is 4.79 Å². The van der Waals surface area contributed by atoms with Crippen LogP contribution < -0.4 is 0 Å². The molecule has 0 unspecified atom stereocenters. The first-order valence-corrected chi connectivity index (χ1v) is 9.52. The molecule has 0 radical (unpaired) electrons. The standard InChI is InChI=1S/C17H27N3OS/c1-14-18-16(13-22-14)12-19-8-5-9-20(11-10-19)17(21)15-6-3-2-4-7-15/h13,15H,2-12H2,1H3. The lowest BCUT2D eigenvalue weighted by atomic mass is 9.88. The van der Waals surface area contributed by atoms with E-state index in [0.717, 1.165) is 57.0 Å². The topological polar surface area (TPSA) is 36.4 Å². The molecular weight excluding hydrogens is 294 g/mol. The van der Waals surface area contributed by atoms with Crippen molar-refractivity contribution in [2.45, 2.75) is 52.0 Å². The van der Waals surface area contributed by atoms with Gasteiger partial charge in [0.05, 0.1) is 10.7 Å². The fourth-order valence-electron chi connectivity index (χ4n) is 3.67. The van der Waals surface area contributed by atoms with Crippen LogP contribution in [-0.4, -0.2) is 46.9 Å². The molecule has 5 heteroatoms. The van der Waals surface area contributed by atoms with E-state index in [1.165, 1.54) is 25.0 Å². The van der Waals surface area contributed by atoms with Gasteiger partial charge in [-0.3, -0.25) is 9.69 Å². The molecule has 2 fully saturated rings. The molecule has 1 aliphatic carbocycles. The first-order chi connectivity index (χ1) is 10.7. The molecule has 3 rings (SSSR count). The van der Waals surface area contributed by atoms with E-state index in [1.54, 1.807) is 11.3 Å². The van der Waals surface area contributed by atoms with Crippen LogP contribution in [0, 0.1) is 12.8 Å². The first-order valence-electron chi connectivity index (χ1n) is 8.64. The molecule has 1 saturated carbocycles. The Morgan fingerprint density at radius 2 is 2.00 bits per heavy atom. The molecule has 2 aliphatic rings. The second-order valence-corrected chi connectivity index (χ2v) is 7.71. The number of hydrogen-bond acceptors (Lipinski definition) is 4. The summed E-state index contributed by atoms with van der Waals surface area (Å²) in [6, 6.07) is 0. The lowest BCUT2D eigenvalue weighted by Gasteiger charge is -2.28. The summed E-state index contributed by atoms with van der Waals surface area (Å²) >= 11 is 1.72. The number of carbonyl (C=O) groups excluding carboxylic acids is 1. The van der Waals surface area contributed by atoms with E-state index in [9.17, 15) is 4.79 Å². The van der Waals surface area contributed by atoms with E-state index < -0.39 is 0 Å². The number of carbonyl (C=O) groups is 1. The monoisotopic (exact) mass is 321 g/mol. The molecule has 0 aromatic carbocycles. The highest BCUT2D eigenvalue weighted by Crippen LogP contribution is 2.26. The number of thiazole rings is 1. The lowest BCUT2D eigenvalue weighted by molar-refractivity contribution is -0.136. The Balaban J connectivity index is 1.51. The number of aryl methyl sites for hydroxylation is 1. The molecule has 0 bridgehead atoms. The lowest BCUT2D eigenvalue weighted by Crippen LogP contribution is -2.39. The van der Waals surface area contributed by atoms with Crippen LogP contribution in [0.1, 0.15) is 49.2 Å². The number of amides is 1. The molecule has 1 aliphatic heterocycles. The highest BCUT2D eigenvalue weighted by Gasteiger charge is 2.27. The fraction of sp³-hybridized carbons (Fsp3) is 0.765. The van der Waals surface area contributed by atoms with Crippen LogP contribution in [-0.2, 0) is 11.3 Å². The predicted octanol–water partition coefficient (Wildman–Crippen LogP) is 3.07. The molecule has 4 nitrogen and oxygen atoms in total. The highest BCUT2D eigenvalue weighted by molar-refractivity contribution is 7.09. The zero-order valence-electron chi connectivity index (χ0n) is 13.6. The summed E-state index contributed by atoms with van der Waals surface area (Å²) in [5.41, 5.74) is 1.18. The minimum Gasteiger partial charge on any atom is -0.341 e. The van der Waals surface area contributed by atoms with Crippen LogP contribution in [0.3, 0.4) is 0 Å². The van der Waals surface area contributed by atoms with Gasteiger partial charge in [-0.15, -0.1) is 11.3 Å². The van der Waals surface area contributed by atoms with Crippen molar-refractivity contribution in [3.8, 4) is 0 Å². The fourth-order valence-corrected chi connectivity index (χ4v) is 4.27. The summed E-state index contributed by atoms with van der Waals surface area (Å²) in [6.45, 7) is 6.86. The minimum atomic E-state index is 0.307. The summed E-state index contributed by atoms with van der Waals surface area (Å²) < 4.78 is 0. The van der Waals surface area contributed by atoms with Gasteiger partial charge in [-0.25, -0.2) is 4.98 Å². The molecule has 122 valence electrons. The zero-order chi connectivity index (χ0) is 15.4. The minimum absolute atomic E-state index is 0.307. The van der Waals surface area contributed by atoms with Gasteiger partial charge in [0, 0.05) is 44.0 Å². The van der Waals surface area contributed by atoms with Gasteiger partial charge in [0.25, 0.3) is 0 Å². The van der Waals surface area contributed by atoms with E-state index in [-0.39, 0.29) is 0 Å². The third-order valence-electron chi connectivity index (χ3n) is 4.91. The van der Waals surface area contributed by atoms with E-state index in [0.29, 0.717) is 11.8 Å². The van der Waals surface area contributed by atoms with Crippen molar-refractivity contribution in [2.24, 2.45) is 5.92 Å². The average Bonchev–Trinajstić information content (AvgIpc) is 2.81. The van der Waals surface area contributed by atoms with Gasteiger partial charge in [-0.1, -0.05) is 19.3 Å².